The molecule has 0 aliphatic carbocycles. The molecule has 1 aromatic heterocycles. The standard InChI is InChI=1S/C23H27N7O5/c1-6-24-22(25-15(2)29-18-10-8-7-9-17(18)28(4)23(29)32)26-16-13-20(30(33)34)19(14-21(16)35-5)27(3)11-12-31/h6-10,13-14,31H,1,11-12H2,2-5H3,(H,24,26)/b25-15+. The topological polar surface area (TPSA) is 140 Å². The maximum Gasteiger partial charge on any atom is 0.334 e. The minimum Gasteiger partial charge on any atom is -0.494 e. The van der Waals surface area contributed by atoms with E-state index in [4.69, 9.17) is 4.74 Å². The van der Waals surface area contributed by atoms with Gasteiger partial charge in [0, 0.05) is 39.0 Å². The average molecular weight is 482 g/mol. The SMILES string of the molecule is C=C/N=C(\N=C(/C)n1c(=O)n(C)c2ccccc21)Nc1cc([N+](=O)[O-])c(N(C)CCO)cc1OC. The van der Waals surface area contributed by atoms with Crippen LogP contribution in [0, 0.1) is 10.1 Å². The molecule has 0 aliphatic heterocycles. The number of ether oxygens (including phenoxy) is 1. The van der Waals surface area contributed by atoms with Crippen LogP contribution in [-0.2, 0) is 7.05 Å². The van der Waals surface area contributed by atoms with E-state index in [1.54, 1.807) is 25.9 Å². The molecule has 1 heterocycles. The van der Waals surface area contributed by atoms with Gasteiger partial charge in [-0.05, 0) is 19.1 Å². The minimum atomic E-state index is -0.525. The fourth-order valence-electron chi connectivity index (χ4n) is 3.65. The normalized spacial score (nSPS) is 12.0. The van der Waals surface area contributed by atoms with Crippen LogP contribution in [0.1, 0.15) is 6.92 Å². The third-order valence-electron chi connectivity index (χ3n) is 5.35. The molecule has 0 atom stereocenters. The summed E-state index contributed by atoms with van der Waals surface area (Å²) in [4.78, 5) is 34.2. The first kappa shape index (κ1) is 25.2. The van der Waals surface area contributed by atoms with E-state index in [-0.39, 0.29) is 41.9 Å². The molecule has 0 fully saturated rings. The van der Waals surface area contributed by atoms with Gasteiger partial charge in [-0.1, -0.05) is 18.7 Å². The first-order valence-corrected chi connectivity index (χ1v) is 10.6. The second kappa shape index (κ2) is 10.7. The van der Waals surface area contributed by atoms with Crippen LogP contribution >= 0.6 is 0 Å². The number of imidazole rings is 1. The van der Waals surface area contributed by atoms with Crippen LogP contribution in [0.25, 0.3) is 11.0 Å². The highest BCUT2D eigenvalue weighted by Crippen LogP contribution is 2.38. The highest BCUT2D eigenvalue weighted by Gasteiger charge is 2.22. The smallest absolute Gasteiger partial charge is 0.334 e. The molecule has 2 aromatic carbocycles. The Morgan fingerprint density at radius 3 is 2.63 bits per heavy atom. The second-order valence-electron chi connectivity index (χ2n) is 7.53. The van der Waals surface area contributed by atoms with E-state index >= 15 is 0 Å². The zero-order chi connectivity index (χ0) is 25.7. The highest BCUT2D eigenvalue weighted by atomic mass is 16.6. The number of nitro groups is 1. The fourth-order valence-corrected chi connectivity index (χ4v) is 3.65. The molecule has 0 spiro atoms. The molecule has 3 rings (SSSR count). The number of aryl methyl sites for hydroxylation is 1. The van der Waals surface area contributed by atoms with Crippen molar-refractivity contribution in [1.82, 2.24) is 9.13 Å². The van der Waals surface area contributed by atoms with Crippen molar-refractivity contribution in [3.8, 4) is 5.75 Å². The Labute approximate surface area is 201 Å². The number of likely N-dealkylation sites (N-methyl/N-ethyl adjacent to an activating group) is 1. The summed E-state index contributed by atoms with van der Waals surface area (Å²) in [7, 11) is 4.73. The molecule has 35 heavy (non-hydrogen) atoms. The number of aliphatic hydroxyl groups excluding tert-OH is 1. The van der Waals surface area contributed by atoms with E-state index in [1.165, 1.54) is 34.6 Å². The van der Waals surface area contributed by atoms with Crippen LogP contribution in [0.5, 0.6) is 5.75 Å². The number of guanidine groups is 1. The number of fused-ring (bicyclic) bond motifs is 1. The van der Waals surface area contributed by atoms with Crippen LogP contribution in [-0.4, -0.2) is 58.3 Å². The number of methoxy groups -OCH3 is 1. The van der Waals surface area contributed by atoms with E-state index < -0.39 is 4.92 Å². The van der Waals surface area contributed by atoms with Gasteiger partial charge in [0.25, 0.3) is 5.69 Å². The minimum absolute atomic E-state index is 0.0430. The van der Waals surface area contributed by atoms with Crippen molar-refractivity contribution in [2.75, 3.05) is 37.5 Å². The summed E-state index contributed by atoms with van der Waals surface area (Å²) >= 11 is 0. The maximum atomic E-state index is 12.8. The van der Waals surface area contributed by atoms with Gasteiger partial charge >= 0.3 is 5.69 Å². The molecule has 0 saturated heterocycles. The number of hydrogen-bond donors (Lipinski definition) is 2. The van der Waals surface area contributed by atoms with E-state index in [0.717, 1.165) is 5.52 Å². The Morgan fingerprint density at radius 2 is 2.03 bits per heavy atom. The summed E-state index contributed by atoms with van der Waals surface area (Å²) in [6, 6.07) is 10.1. The molecule has 3 aromatic rings. The van der Waals surface area contributed by atoms with Gasteiger partial charge in [0.15, 0.2) is 0 Å². The number of aromatic nitrogens is 2. The van der Waals surface area contributed by atoms with E-state index in [0.29, 0.717) is 17.1 Å². The number of hydrogen-bond acceptors (Lipinski definition) is 7. The van der Waals surface area contributed by atoms with Crippen LogP contribution in [0.3, 0.4) is 0 Å². The monoisotopic (exact) mass is 481 g/mol. The van der Waals surface area contributed by atoms with Gasteiger partial charge in [-0.15, -0.1) is 0 Å². The number of benzene rings is 2. The first-order valence-electron chi connectivity index (χ1n) is 10.6. The van der Waals surface area contributed by atoms with Crippen molar-refractivity contribution >= 4 is 39.9 Å². The zero-order valence-electron chi connectivity index (χ0n) is 19.9. The number of aliphatic imine (C=N–C) groups is 2. The van der Waals surface area contributed by atoms with Crippen molar-refractivity contribution < 1.29 is 14.8 Å². The summed E-state index contributed by atoms with van der Waals surface area (Å²) in [6.45, 7) is 5.28. The Morgan fingerprint density at radius 1 is 1.34 bits per heavy atom. The van der Waals surface area contributed by atoms with Gasteiger partial charge in [0.05, 0.1) is 35.4 Å². The molecule has 0 amide bonds. The zero-order valence-corrected chi connectivity index (χ0v) is 19.9. The van der Waals surface area contributed by atoms with Crippen LogP contribution in [0.2, 0.25) is 0 Å². The van der Waals surface area contributed by atoms with Gasteiger partial charge < -0.3 is 20.1 Å². The number of anilines is 2. The Bertz CT molecular complexity index is 1390. The number of para-hydroxylation sites is 2. The van der Waals surface area contributed by atoms with E-state index in [9.17, 15) is 20.0 Å². The number of nitrogens with zero attached hydrogens (tertiary/aromatic N) is 6. The third kappa shape index (κ3) is 5.06. The number of rotatable bonds is 7. The van der Waals surface area contributed by atoms with E-state index in [2.05, 4.69) is 21.9 Å². The molecule has 0 aliphatic rings. The molecular formula is C23H27N7O5. The molecule has 12 nitrogen and oxygen atoms in total. The van der Waals surface area contributed by atoms with Gasteiger partial charge in [-0.2, -0.15) is 4.99 Å². The molecule has 0 bridgehead atoms. The first-order chi connectivity index (χ1) is 16.7. The third-order valence-corrected chi connectivity index (χ3v) is 5.35. The van der Waals surface area contributed by atoms with Gasteiger partial charge in [-0.3, -0.25) is 14.7 Å². The molecule has 184 valence electrons. The quantitative estimate of drug-likeness (QED) is 0.229. The van der Waals surface area contributed by atoms with Crippen molar-refractivity contribution in [2.45, 2.75) is 6.92 Å². The summed E-state index contributed by atoms with van der Waals surface area (Å²) in [5, 5.41) is 23.9. The summed E-state index contributed by atoms with van der Waals surface area (Å²) < 4.78 is 8.40. The van der Waals surface area contributed by atoms with Crippen molar-refractivity contribution in [3.63, 3.8) is 0 Å². The van der Waals surface area contributed by atoms with E-state index in [1.807, 2.05) is 24.3 Å². The number of nitrogens with one attached hydrogen (secondary N) is 1. The molecule has 0 unspecified atom stereocenters. The van der Waals surface area contributed by atoms with Crippen molar-refractivity contribution in [1.29, 1.82) is 0 Å². The highest BCUT2D eigenvalue weighted by molar-refractivity contribution is 6.05. The van der Waals surface area contributed by atoms with Crippen molar-refractivity contribution in [3.05, 3.63) is 69.8 Å². The molecular weight excluding hydrogens is 454 g/mol. The van der Waals surface area contributed by atoms with Crippen LogP contribution in [0.4, 0.5) is 17.1 Å². The summed E-state index contributed by atoms with van der Waals surface area (Å²) in [5.41, 5.74) is 1.44. The van der Waals surface area contributed by atoms with Crippen LogP contribution in [0.15, 0.2) is 64.0 Å². The van der Waals surface area contributed by atoms with Gasteiger partial charge in [0.2, 0.25) is 5.96 Å². The summed E-state index contributed by atoms with van der Waals surface area (Å²) in [5.74, 6) is 0.663. The number of nitro benzene ring substituents is 1. The largest absolute Gasteiger partial charge is 0.494 e. The predicted molar refractivity (Wildman–Crippen MR) is 137 cm³/mol. The van der Waals surface area contributed by atoms with Crippen LogP contribution < -0.4 is 20.6 Å². The lowest BCUT2D eigenvalue weighted by Crippen LogP contribution is -2.28. The summed E-state index contributed by atoms with van der Waals surface area (Å²) in [6.07, 6.45) is 1.26. The molecule has 12 heteroatoms. The Hall–Kier alpha value is -4.45. The molecule has 0 saturated carbocycles. The average Bonchev–Trinajstić information content (AvgIpc) is 3.09. The van der Waals surface area contributed by atoms with Crippen molar-refractivity contribution in [2.24, 2.45) is 17.0 Å². The molecule has 0 radical (unpaired) electrons. The lowest BCUT2D eigenvalue weighted by Gasteiger charge is -2.20. The number of aliphatic hydroxyl groups is 1. The lowest BCUT2D eigenvalue weighted by molar-refractivity contribution is -0.384. The Kier molecular flexibility index (Phi) is 7.66. The fraction of sp³-hybridized carbons (Fsp3) is 0.261. The lowest BCUT2D eigenvalue weighted by atomic mass is 10.2. The predicted octanol–water partition coefficient (Wildman–Crippen LogP) is 2.56. The molecule has 2 N–H and O–H groups in total. The van der Waals surface area contributed by atoms with Gasteiger partial charge in [0.1, 0.15) is 17.3 Å². The Balaban J connectivity index is 2.08. The second-order valence-corrected chi connectivity index (χ2v) is 7.53. The maximum absolute atomic E-state index is 12.8. The van der Waals surface area contributed by atoms with Gasteiger partial charge in [-0.25, -0.2) is 14.4 Å².